The molecule has 0 saturated carbocycles. The fourth-order valence-electron chi connectivity index (χ4n) is 4.86. The highest BCUT2D eigenvalue weighted by molar-refractivity contribution is 7.47. The van der Waals surface area contributed by atoms with Crippen molar-refractivity contribution in [1.29, 1.82) is 0 Å². The van der Waals surface area contributed by atoms with E-state index in [4.69, 9.17) is 24.8 Å². The van der Waals surface area contributed by atoms with Gasteiger partial charge in [0, 0.05) is 12.8 Å². The maximum atomic E-state index is 12.6. The van der Waals surface area contributed by atoms with Gasteiger partial charge in [-0.2, -0.15) is 0 Å². The number of carboxylic acid groups (broad SMARTS) is 1. The van der Waals surface area contributed by atoms with Gasteiger partial charge in [0.05, 0.1) is 13.2 Å². The van der Waals surface area contributed by atoms with Crippen LogP contribution in [0.3, 0.4) is 0 Å². The number of nitrogens with two attached hydrogens (primary N) is 1. The van der Waals surface area contributed by atoms with Gasteiger partial charge in [-0.25, -0.2) is 4.57 Å². The number of esters is 2. The lowest BCUT2D eigenvalue weighted by atomic mass is 10.1. The summed E-state index contributed by atoms with van der Waals surface area (Å²) in [5.74, 6) is -2.61. The molecule has 336 valence electrons. The molecule has 60 heavy (non-hydrogen) atoms. The molecule has 0 spiro atoms. The van der Waals surface area contributed by atoms with Crippen LogP contribution in [0.5, 0.6) is 0 Å². The number of phosphoric acid groups is 1. The van der Waals surface area contributed by atoms with Gasteiger partial charge in [-0.15, -0.1) is 0 Å². The lowest BCUT2D eigenvalue weighted by molar-refractivity contribution is -0.161. The van der Waals surface area contributed by atoms with E-state index in [9.17, 15) is 23.8 Å². The quantitative estimate of drug-likeness (QED) is 0.0233. The Hall–Kier alpha value is -4.12. The SMILES string of the molecule is CCC=CCC=CCC=CCC=CCC=CCC=CCCC(=O)OC(COC(=O)CCC=CCC=CCC=CCC=CCCCCCC)COP(=O)(O)OCC(N)C(=O)O. The van der Waals surface area contributed by atoms with Crippen molar-refractivity contribution in [2.75, 3.05) is 19.8 Å². The summed E-state index contributed by atoms with van der Waals surface area (Å²) in [7, 11) is -4.76. The van der Waals surface area contributed by atoms with Crippen molar-refractivity contribution in [2.45, 2.75) is 142 Å². The molecule has 0 aromatic carbocycles. The molecular formula is C48H74NO10P. The maximum absolute atomic E-state index is 12.6. The van der Waals surface area contributed by atoms with Crippen LogP contribution in [-0.4, -0.2) is 59.9 Å². The standard InChI is InChI=1S/C48H74NO10P/c1-3-5-7-9-11-13-15-17-19-21-22-24-26-28-30-32-34-36-38-40-47(51)59-44(42-57-60(54,55)58-43-45(49)48(52)53)41-56-46(50)39-37-35-33-31-29-27-25-23-20-18-16-14-12-10-8-6-4-2/h5,7,11,13-14,16-17,19-20,22-24,27-30,33-36,44-45H,3-4,6,8-10,12,15,18,21,25-26,31-32,37-43,49H2,1-2H3,(H,52,53)(H,54,55). The smallest absolute Gasteiger partial charge is 0.472 e. The van der Waals surface area contributed by atoms with Crippen molar-refractivity contribution in [2.24, 2.45) is 5.73 Å². The van der Waals surface area contributed by atoms with Crippen LogP contribution in [-0.2, 0) is 37.5 Å². The van der Waals surface area contributed by atoms with Crippen molar-refractivity contribution < 1.29 is 47.5 Å². The van der Waals surface area contributed by atoms with Gasteiger partial charge in [0.1, 0.15) is 12.6 Å². The lowest BCUT2D eigenvalue weighted by Crippen LogP contribution is -2.34. The summed E-state index contributed by atoms with van der Waals surface area (Å²) in [6.07, 6.45) is 55.8. The van der Waals surface area contributed by atoms with Gasteiger partial charge in [0.15, 0.2) is 6.10 Å². The number of hydrogen-bond donors (Lipinski definition) is 3. The summed E-state index contributed by atoms with van der Waals surface area (Å²) >= 11 is 0. The summed E-state index contributed by atoms with van der Waals surface area (Å²) in [5, 5.41) is 8.89. The zero-order valence-electron chi connectivity index (χ0n) is 36.2. The number of carboxylic acids is 1. The van der Waals surface area contributed by atoms with Gasteiger partial charge < -0.3 is 25.2 Å². The molecular weight excluding hydrogens is 781 g/mol. The van der Waals surface area contributed by atoms with Crippen LogP contribution in [0, 0.1) is 0 Å². The minimum atomic E-state index is -4.76. The molecule has 0 aromatic heterocycles. The van der Waals surface area contributed by atoms with Gasteiger partial charge >= 0.3 is 25.7 Å². The van der Waals surface area contributed by atoms with Gasteiger partial charge in [0.25, 0.3) is 0 Å². The molecule has 12 heteroatoms. The highest BCUT2D eigenvalue weighted by Gasteiger charge is 2.28. The number of hydrogen-bond acceptors (Lipinski definition) is 9. The third kappa shape index (κ3) is 40.7. The number of carbonyl (C=O) groups is 3. The van der Waals surface area contributed by atoms with Crippen molar-refractivity contribution in [3.63, 3.8) is 0 Å². The lowest BCUT2D eigenvalue weighted by Gasteiger charge is -2.20. The molecule has 0 bridgehead atoms. The van der Waals surface area contributed by atoms with Gasteiger partial charge in [0.2, 0.25) is 0 Å². The number of allylic oxidation sites excluding steroid dienone is 20. The molecule has 0 heterocycles. The number of aliphatic carboxylic acids is 1. The Kier molecular flexibility index (Phi) is 38.8. The second-order valence-electron chi connectivity index (χ2n) is 13.7. The molecule has 0 aliphatic carbocycles. The Balaban J connectivity index is 4.64. The molecule has 0 aliphatic rings. The topological polar surface area (TPSA) is 172 Å². The van der Waals surface area contributed by atoms with Crippen molar-refractivity contribution in [3.8, 4) is 0 Å². The highest BCUT2D eigenvalue weighted by atomic mass is 31.2. The van der Waals surface area contributed by atoms with Gasteiger partial charge in [-0.3, -0.25) is 23.4 Å². The number of unbranched alkanes of at least 4 members (excludes halogenated alkanes) is 4. The average molecular weight is 856 g/mol. The Labute approximate surface area is 360 Å². The number of phosphoric ester groups is 1. The van der Waals surface area contributed by atoms with E-state index >= 15 is 0 Å². The minimum Gasteiger partial charge on any atom is -0.480 e. The predicted octanol–water partition coefficient (Wildman–Crippen LogP) is 11.6. The molecule has 0 aromatic rings. The van der Waals surface area contributed by atoms with Gasteiger partial charge in [-0.1, -0.05) is 155 Å². The van der Waals surface area contributed by atoms with Crippen LogP contribution < -0.4 is 5.73 Å². The van der Waals surface area contributed by atoms with Crippen LogP contribution in [0.4, 0.5) is 0 Å². The minimum absolute atomic E-state index is 0.0134. The molecule has 0 fully saturated rings. The predicted molar refractivity (Wildman–Crippen MR) is 244 cm³/mol. The van der Waals surface area contributed by atoms with E-state index in [-0.39, 0.29) is 12.8 Å². The summed E-state index contributed by atoms with van der Waals surface area (Å²) in [4.78, 5) is 45.9. The van der Waals surface area contributed by atoms with E-state index in [0.717, 1.165) is 57.8 Å². The molecule has 0 saturated heterocycles. The second kappa shape index (κ2) is 41.6. The van der Waals surface area contributed by atoms with E-state index in [0.29, 0.717) is 19.3 Å². The van der Waals surface area contributed by atoms with Crippen LogP contribution >= 0.6 is 7.82 Å². The normalized spacial score (nSPS) is 14.9. The average Bonchev–Trinajstić information content (AvgIpc) is 3.22. The molecule has 11 nitrogen and oxygen atoms in total. The van der Waals surface area contributed by atoms with Crippen LogP contribution in [0.25, 0.3) is 0 Å². The van der Waals surface area contributed by atoms with Crippen LogP contribution in [0.2, 0.25) is 0 Å². The third-order valence-electron chi connectivity index (χ3n) is 8.22. The molecule has 3 atom stereocenters. The monoisotopic (exact) mass is 856 g/mol. The fraction of sp³-hybridized carbons (Fsp3) is 0.521. The van der Waals surface area contributed by atoms with E-state index in [1.165, 1.54) is 25.7 Å². The first kappa shape index (κ1) is 55.9. The first-order valence-electron chi connectivity index (χ1n) is 21.6. The van der Waals surface area contributed by atoms with E-state index in [1.54, 1.807) is 0 Å². The van der Waals surface area contributed by atoms with E-state index < -0.39 is 57.7 Å². The third-order valence-corrected chi connectivity index (χ3v) is 9.17. The summed E-state index contributed by atoms with van der Waals surface area (Å²) in [5.41, 5.74) is 5.32. The number of rotatable bonds is 38. The fourth-order valence-corrected chi connectivity index (χ4v) is 5.64. The largest absolute Gasteiger partial charge is 0.480 e. The molecule has 0 rings (SSSR count). The molecule has 0 aliphatic heterocycles. The van der Waals surface area contributed by atoms with E-state index in [2.05, 4.69) is 110 Å². The Morgan fingerprint density at radius 1 is 0.533 bits per heavy atom. The van der Waals surface area contributed by atoms with Gasteiger partial charge in [-0.05, 0) is 83.5 Å². The number of ether oxygens (including phenoxy) is 2. The summed E-state index contributed by atoms with van der Waals surface area (Å²) in [6, 6.07) is -1.55. The first-order valence-corrected chi connectivity index (χ1v) is 23.1. The molecule has 0 radical (unpaired) electrons. The Morgan fingerprint density at radius 2 is 0.933 bits per heavy atom. The Bertz CT molecular complexity index is 1470. The maximum Gasteiger partial charge on any atom is 0.472 e. The number of carbonyl (C=O) groups excluding carboxylic acids is 2. The molecule has 3 unspecified atom stereocenters. The summed E-state index contributed by atoms with van der Waals surface area (Å²) in [6.45, 7) is 2.49. The van der Waals surface area contributed by atoms with Crippen LogP contribution in [0.15, 0.2) is 122 Å². The van der Waals surface area contributed by atoms with Crippen molar-refractivity contribution in [3.05, 3.63) is 122 Å². The summed E-state index contributed by atoms with van der Waals surface area (Å²) < 4.78 is 32.5. The zero-order chi connectivity index (χ0) is 44.2. The Morgan fingerprint density at radius 3 is 1.37 bits per heavy atom. The zero-order valence-corrected chi connectivity index (χ0v) is 37.1. The van der Waals surface area contributed by atoms with Crippen molar-refractivity contribution >= 4 is 25.7 Å². The van der Waals surface area contributed by atoms with Crippen LogP contribution in [0.1, 0.15) is 129 Å². The first-order chi connectivity index (χ1) is 29.1. The molecule has 4 N–H and O–H groups in total. The highest BCUT2D eigenvalue weighted by Crippen LogP contribution is 2.43. The second-order valence-corrected chi connectivity index (χ2v) is 15.2. The van der Waals surface area contributed by atoms with E-state index in [1.807, 2.05) is 30.4 Å². The molecule has 0 amide bonds. The van der Waals surface area contributed by atoms with Crippen molar-refractivity contribution in [1.82, 2.24) is 0 Å².